The molecule has 0 radical (unpaired) electrons. The van der Waals surface area contributed by atoms with Crippen LogP contribution < -0.4 is 0 Å². The molecular weight excluding hydrogens is 323 g/mol. The van der Waals surface area contributed by atoms with Crippen LogP contribution in [0.3, 0.4) is 0 Å². The Labute approximate surface area is 136 Å². The summed E-state index contributed by atoms with van der Waals surface area (Å²) in [7, 11) is -3.47. The highest BCUT2D eigenvalue weighted by atomic mass is 31.2. The van der Waals surface area contributed by atoms with Gasteiger partial charge < -0.3 is 10.00 Å². The van der Waals surface area contributed by atoms with E-state index in [2.05, 4.69) is 0 Å². The summed E-state index contributed by atoms with van der Waals surface area (Å²) < 4.78 is 12.1. The van der Waals surface area contributed by atoms with Gasteiger partial charge in [-0.25, -0.2) is 5.06 Å². The first-order valence-electron chi connectivity index (χ1n) is 7.73. The second-order valence-electron chi connectivity index (χ2n) is 6.68. The molecule has 1 rings (SSSR count). The summed E-state index contributed by atoms with van der Waals surface area (Å²) in [5, 5.41) is 19.4. The van der Waals surface area contributed by atoms with Crippen LogP contribution in [0.4, 0.5) is 0 Å². The summed E-state index contributed by atoms with van der Waals surface area (Å²) in [6.07, 6.45) is 0.330. The number of carbonyl (C=O) groups excluding carboxylic acids is 1. The number of amides is 1. The fourth-order valence-electron chi connectivity index (χ4n) is 2.52. The Morgan fingerprint density at radius 2 is 1.78 bits per heavy atom. The molecule has 23 heavy (non-hydrogen) atoms. The molecule has 0 bridgehead atoms. The number of hydroxylamine groups is 2. The first-order valence-corrected chi connectivity index (χ1v) is 9.91. The molecule has 0 saturated heterocycles. The molecule has 0 aromatic carbocycles. The van der Waals surface area contributed by atoms with Crippen LogP contribution in [0.25, 0.3) is 0 Å². The van der Waals surface area contributed by atoms with Crippen molar-refractivity contribution in [3.05, 3.63) is 0 Å². The van der Waals surface area contributed by atoms with Crippen molar-refractivity contribution in [3.8, 4) is 0 Å². The fourth-order valence-corrected chi connectivity index (χ4v) is 3.30. The number of carboxylic acid groups (broad SMARTS) is 1. The van der Waals surface area contributed by atoms with Gasteiger partial charge in [-0.1, -0.05) is 13.8 Å². The van der Waals surface area contributed by atoms with E-state index in [1.54, 1.807) is 25.7 Å². The highest BCUT2D eigenvalue weighted by molar-refractivity contribution is 7.57. The molecule has 0 spiro atoms. The van der Waals surface area contributed by atoms with E-state index >= 15 is 0 Å². The number of hydrogen-bond acceptors (Lipinski definition) is 5. The highest BCUT2D eigenvalue weighted by Crippen LogP contribution is 2.46. The zero-order chi connectivity index (χ0) is 17.9. The molecule has 0 aliphatic heterocycles. The third kappa shape index (κ3) is 5.88. The van der Waals surface area contributed by atoms with Crippen LogP contribution in [0, 0.1) is 11.8 Å². The largest absolute Gasteiger partial charge is 0.481 e. The van der Waals surface area contributed by atoms with Crippen molar-refractivity contribution < 1.29 is 29.4 Å². The molecule has 1 aliphatic rings. The first kappa shape index (κ1) is 20.1. The maximum Gasteiger partial charge on any atom is 0.312 e. The molecule has 3 unspecified atom stereocenters. The summed E-state index contributed by atoms with van der Waals surface area (Å²) in [5.74, 6) is -2.89. The van der Waals surface area contributed by atoms with Crippen molar-refractivity contribution in [2.75, 3.05) is 13.2 Å². The van der Waals surface area contributed by atoms with Gasteiger partial charge in [-0.05, 0) is 31.6 Å². The van der Waals surface area contributed by atoms with E-state index < -0.39 is 37.6 Å². The van der Waals surface area contributed by atoms with Gasteiger partial charge in [-0.15, -0.1) is 0 Å². The van der Waals surface area contributed by atoms with Crippen LogP contribution >= 0.6 is 7.37 Å². The smallest absolute Gasteiger partial charge is 0.312 e. The number of hydrogen-bond donors (Lipinski definition) is 3. The Kier molecular flexibility index (Phi) is 6.77. The number of nitrogens with zero attached hydrogens (tertiary/aromatic N) is 2. The van der Waals surface area contributed by atoms with Crippen molar-refractivity contribution in [2.24, 2.45) is 11.8 Å². The average molecular weight is 350 g/mol. The van der Waals surface area contributed by atoms with E-state index in [-0.39, 0.29) is 5.92 Å². The van der Waals surface area contributed by atoms with Crippen molar-refractivity contribution in [1.29, 1.82) is 0 Å². The third-order valence-electron chi connectivity index (χ3n) is 4.08. The predicted molar refractivity (Wildman–Crippen MR) is 84.2 cm³/mol. The topological polar surface area (TPSA) is 118 Å². The molecule has 134 valence electrons. The zero-order valence-electron chi connectivity index (χ0n) is 14.0. The van der Waals surface area contributed by atoms with E-state index in [1.807, 2.05) is 0 Å². The van der Waals surface area contributed by atoms with Gasteiger partial charge in [0, 0.05) is 13.2 Å². The SMILES string of the molecule is CC(C)C(N(O)C(=O)CC(=O)O)N(CC1CC1)C(C)P(C)(=O)O. The summed E-state index contributed by atoms with van der Waals surface area (Å²) >= 11 is 0. The van der Waals surface area contributed by atoms with E-state index in [0.717, 1.165) is 12.8 Å². The monoisotopic (exact) mass is 350 g/mol. The number of carbonyl (C=O) groups is 2. The first-order chi connectivity index (χ1) is 10.4. The highest BCUT2D eigenvalue weighted by Gasteiger charge is 2.41. The molecule has 1 saturated carbocycles. The molecule has 3 atom stereocenters. The maximum absolute atomic E-state index is 12.1. The molecule has 1 amide bonds. The quantitative estimate of drug-likeness (QED) is 0.190. The molecule has 0 aromatic rings. The third-order valence-corrected chi connectivity index (χ3v) is 5.77. The zero-order valence-corrected chi connectivity index (χ0v) is 14.9. The normalized spacial score (nSPS) is 20.2. The molecule has 9 heteroatoms. The number of aliphatic carboxylic acids is 1. The van der Waals surface area contributed by atoms with Crippen LogP contribution in [0.5, 0.6) is 0 Å². The van der Waals surface area contributed by atoms with Crippen molar-refractivity contribution in [2.45, 2.75) is 52.0 Å². The van der Waals surface area contributed by atoms with Crippen LogP contribution in [0.2, 0.25) is 0 Å². The summed E-state index contributed by atoms with van der Waals surface area (Å²) in [5.41, 5.74) is 0. The molecule has 8 nitrogen and oxygen atoms in total. The summed E-state index contributed by atoms with van der Waals surface area (Å²) in [6, 6.07) is 0. The Morgan fingerprint density at radius 1 is 1.26 bits per heavy atom. The second-order valence-corrected chi connectivity index (χ2v) is 9.32. The van der Waals surface area contributed by atoms with Gasteiger partial charge in [0.15, 0.2) is 0 Å². The number of rotatable bonds is 9. The van der Waals surface area contributed by atoms with Crippen LogP contribution in [0.1, 0.15) is 40.0 Å². The van der Waals surface area contributed by atoms with Crippen molar-refractivity contribution >= 4 is 19.2 Å². The van der Waals surface area contributed by atoms with Gasteiger partial charge in [0.2, 0.25) is 7.37 Å². The Morgan fingerprint density at radius 3 is 2.13 bits per heavy atom. The van der Waals surface area contributed by atoms with Gasteiger partial charge in [-0.3, -0.25) is 24.3 Å². The Bertz CT molecular complexity index is 488. The lowest BCUT2D eigenvalue weighted by Gasteiger charge is -2.42. The van der Waals surface area contributed by atoms with Crippen LogP contribution in [-0.2, 0) is 14.2 Å². The van der Waals surface area contributed by atoms with Crippen LogP contribution in [0.15, 0.2) is 0 Å². The summed E-state index contributed by atoms with van der Waals surface area (Å²) in [4.78, 5) is 34.2. The van der Waals surface area contributed by atoms with E-state index in [9.17, 15) is 24.3 Å². The second kappa shape index (κ2) is 7.75. The fraction of sp³-hybridized carbons (Fsp3) is 0.857. The maximum atomic E-state index is 12.1. The molecular formula is C14H27N2O6P. The minimum absolute atomic E-state index is 0.245. The standard InChI is InChI=1S/C14H27N2O6P/c1-9(2)14(16(20)12(17)7-13(18)19)15(8-11-5-6-11)10(3)23(4,21)22/h9-11,14,20H,5-8H2,1-4H3,(H,18,19)(H,21,22). The van der Waals surface area contributed by atoms with Gasteiger partial charge >= 0.3 is 5.97 Å². The van der Waals surface area contributed by atoms with Crippen LogP contribution in [-0.4, -0.2) is 62.2 Å². The Hall–Kier alpha value is -0.950. The minimum Gasteiger partial charge on any atom is -0.481 e. The van der Waals surface area contributed by atoms with Crippen molar-refractivity contribution in [1.82, 2.24) is 9.96 Å². The van der Waals surface area contributed by atoms with Gasteiger partial charge in [-0.2, -0.15) is 0 Å². The Balaban J connectivity index is 3.06. The number of carboxylic acids is 1. The van der Waals surface area contributed by atoms with Crippen molar-refractivity contribution in [3.63, 3.8) is 0 Å². The minimum atomic E-state index is -3.47. The van der Waals surface area contributed by atoms with Gasteiger partial charge in [0.1, 0.15) is 12.6 Å². The molecule has 0 heterocycles. The average Bonchev–Trinajstić information content (AvgIpc) is 3.18. The molecule has 1 aliphatic carbocycles. The molecule has 3 N–H and O–H groups in total. The lowest BCUT2D eigenvalue weighted by atomic mass is 10.1. The summed E-state index contributed by atoms with van der Waals surface area (Å²) in [6.45, 7) is 6.86. The lowest BCUT2D eigenvalue weighted by molar-refractivity contribution is -0.203. The van der Waals surface area contributed by atoms with E-state index in [4.69, 9.17) is 5.11 Å². The van der Waals surface area contributed by atoms with Gasteiger partial charge in [0.25, 0.3) is 5.91 Å². The van der Waals surface area contributed by atoms with E-state index in [1.165, 1.54) is 6.66 Å². The molecule has 0 aromatic heterocycles. The lowest BCUT2D eigenvalue weighted by Crippen LogP contribution is -2.56. The molecule has 1 fully saturated rings. The predicted octanol–water partition coefficient (Wildman–Crippen LogP) is 1.62. The van der Waals surface area contributed by atoms with E-state index in [0.29, 0.717) is 17.5 Å². The van der Waals surface area contributed by atoms with Gasteiger partial charge in [0.05, 0.1) is 5.78 Å².